The summed E-state index contributed by atoms with van der Waals surface area (Å²) < 4.78 is 24.4. The molecule has 2 amide bonds. The third-order valence-electron chi connectivity index (χ3n) is 12.3. The molecule has 9 rings (SSSR count). The number of benzene rings is 5. The lowest BCUT2D eigenvalue weighted by molar-refractivity contribution is -0.116. The van der Waals surface area contributed by atoms with E-state index < -0.39 is 0 Å². The van der Waals surface area contributed by atoms with Crippen LogP contribution in [0, 0.1) is 5.92 Å². The highest BCUT2D eigenvalue weighted by Gasteiger charge is 2.41. The number of hydrogen-bond donors (Lipinski definition) is 2. The van der Waals surface area contributed by atoms with E-state index >= 15 is 0 Å². The molecule has 0 aromatic heterocycles. The summed E-state index contributed by atoms with van der Waals surface area (Å²) in [6, 6.07) is 28.8. The molecular weight excluding hydrogens is 833 g/mol. The Bertz CT molecular complexity index is 2650. The van der Waals surface area contributed by atoms with Gasteiger partial charge in [0.2, 0.25) is 5.91 Å². The Morgan fingerprint density at radius 1 is 0.841 bits per heavy atom. The maximum absolute atomic E-state index is 14.1. The molecule has 3 aliphatic heterocycles. The fourth-order valence-corrected chi connectivity index (χ4v) is 11.5. The number of ketones is 1. The van der Waals surface area contributed by atoms with Gasteiger partial charge in [0.05, 0.1) is 37.4 Å². The summed E-state index contributed by atoms with van der Waals surface area (Å²) in [4.78, 5) is 48.0. The van der Waals surface area contributed by atoms with E-state index in [-0.39, 0.29) is 53.4 Å². The Hall–Kier alpha value is -5.92. The van der Waals surface area contributed by atoms with Gasteiger partial charge >= 0.3 is 0 Å². The molecule has 5 aromatic carbocycles. The van der Waals surface area contributed by atoms with Gasteiger partial charge in [-0.05, 0) is 103 Å². The highest BCUT2D eigenvalue weighted by atomic mass is 33.1. The first-order valence-electron chi connectivity index (χ1n) is 21.2. The van der Waals surface area contributed by atoms with Crippen molar-refractivity contribution in [3.8, 4) is 23.0 Å². The fourth-order valence-electron chi connectivity index (χ4n) is 9.23. The minimum Gasteiger partial charge on any atom is -0.493 e. The number of ether oxygens (including phenoxy) is 4. The van der Waals surface area contributed by atoms with Crippen LogP contribution in [-0.4, -0.2) is 61.6 Å². The number of nitrogens with zero attached hydrogens (tertiary/aromatic N) is 2. The molecule has 0 fully saturated rings. The molecule has 4 aliphatic rings. The topological polar surface area (TPSA) is 128 Å². The Labute approximate surface area is 375 Å². The maximum Gasteiger partial charge on any atom is 0.261 e. The summed E-state index contributed by atoms with van der Waals surface area (Å²) in [7, 11) is 6.56. The van der Waals surface area contributed by atoms with Crippen molar-refractivity contribution in [3.05, 3.63) is 130 Å². The lowest BCUT2D eigenvalue weighted by Crippen LogP contribution is -2.37. The quantitative estimate of drug-likeness (QED) is 0.104. The zero-order valence-electron chi connectivity index (χ0n) is 36.0. The molecule has 0 spiro atoms. The number of aliphatic imine (C=N–C) groups is 1. The Balaban J connectivity index is 0.968. The van der Waals surface area contributed by atoms with Crippen molar-refractivity contribution in [2.75, 3.05) is 42.6 Å². The SMILES string of the molecule is COc1cc2c(cc1OCc1cc(COc3cc4c(cc3OC)C(=O)C3c5ccccc5C[C@H]3CN4)cc(NC(=O)CCC(C)(C)SSC)c1)N=C[C@@H]1Cc3ccccc3N1C2=O. The lowest BCUT2D eigenvalue weighted by Gasteiger charge is -2.22. The van der Waals surface area contributed by atoms with E-state index in [0.717, 1.165) is 34.4 Å². The molecule has 3 heterocycles. The average molecular weight is 883 g/mol. The van der Waals surface area contributed by atoms with Crippen LogP contribution in [0.15, 0.2) is 96.0 Å². The third-order valence-corrected chi connectivity index (χ3v) is 14.9. The van der Waals surface area contributed by atoms with Crippen molar-refractivity contribution in [2.24, 2.45) is 10.9 Å². The first-order chi connectivity index (χ1) is 30.5. The summed E-state index contributed by atoms with van der Waals surface area (Å²) in [5.41, 5.74) is 8.72. The van der Waals surface area contributed by atoms with Gasteiger partial charge in [-0.1, -0.05) is 64.1 Å². The normalized spacial score (nSPS) is 18.1. The monoisotopic (exact) mass is 882 g/mol. The third kappa shape index (κ3) is 8.60. The number of para-hydroxylation sites is 1. The number of nitrogens with one attached hydrogen (secondary N) is 2. The molecule has 0 saturated carbocycles. The van der Waals surface area contributed by atoms with Crippen molar-refractivity contribution < 1.29 is 33.3 Å². The first kappa shape index (κ1) is 42.4. The average Bonchev–Trinajstić information content (AvgIpc) is 3.77. The lowest BCUT2D eigenvalue weighted by atomic mass is 9.86. The van der Waals surface area contributed by atoms with E-state index in [0.29, 0.717) is 77.0 Å². The first-order valence-corrected chi connectivity index (χ1v) is 23.7. The van der Waals surface area contributed by atoms with Crippen LogP contribution in [0.2, 0.25) is 0 Å². The number of carbonyl (C=O) groups is 3. The molecule has 0 radical (unpaired) electrons. The highest BCUT2D eigenvalue weighted by Crippen LogP contribution is 2.46. The van der Waals surface area contributed by atoms with Crippen LogP contribution in [0.1, 0.15) is 81.1 Å². The van der Waals surface area contributed by atoms with E-state index in [2.05, 4.69) is 36.6 Å². The van der Waals surface area contributed by atoms with Crippen LogP contribution in [0.5, 0.6) is 23.0 Å². The van der Waals surface area contributed by atoms with Gasteiger partial charge in [-0.25, -0.2) is 0 Å². The zero-order valence-corrected chi connectivity index (χ0v) is 37.6. The Morgan fingerprint density at radius 2 is 1.52 bits per heavy atom. The van der Waals surface area contributed by atoms with Gasteiger partial charge in [0.1, 0.15) is 13.2 Å². The largest absolute Gasteiger partial charge is 0.493 e. The number of amides is 2. The predicted molar refractivity (Wildman–Crippen MR) is 252 cm³/mol. The van der Waals surface area contributed by atoms with Crippen molar-refractivity contribution in [1.29, 1.82) is 0 Å². The van der Waals surface area contributed by atoms with Crippen LogP contribution in [0.4, 0.5) is 22.7 Å². The molecule has 3 atom stereocenters. The van der Waals surface area contributed by atoms with Crippen molar-refractivity contribution in [3.63, 3.8) is 0 Å². The molecule has 5 aromatic rings. The summed E-state index contributed by atoms with van der Waals surface area (Å²) in [5, 5.41) is 6.65. The van der Waals surface area contributed by atoms with E-state index in [4.69, 9.17) is 23.9 Å². The zero-order chi connectivity index (χ0) is 43.8. The van der Waals surface area contributed by atoms with Gasteiger partial charge in [0, 0.05) is 65.1 Å². The van der Waals surface area contributed by atoms with Gasteiger partial charge in [0.15, 0.2) is 28.8 Å². The number of carbonyl (C=O) groups excluding carboxylic acids is 3. The second-order valence-electron chi connectivity index (χ2n) is 17.0. The second-order valence-corrected chi connectivity index (χ2v) is 20.1. The van der Waals surface area contributed by atoms with Crippen LogP contribution in [-0.2, 0) is 30.8 Å². The minimum absolute atomic E-state index is 0.0661. The van der Waals surface area contributed by atoms with Gasteiger partial charge in [-0.2, -0.15) is 0 Å². The summed E-state index contributed by atoms with van der Waals surface area (Å²) in [6.45, 7) is 5.19. The molecule has 0 saturated heterocycles. The van der Waals surface area contributed by atoms with E-state index in [1.54, 1.807) is 58.9 Å². The molecule has 0 bridgehead atoms. The number of hydrogen-bond acceptors (Lipinski definition) is 11. The molecular formula is C50H50N4O7S2. The van der Waals surface area contributed by atoms with Crippen molar-refractivity contribution >= 4 is 68.1 Å². The fraction of sp³-hybridized carbons (Fsp3) is 0.320. The second kappa shape index (κ2) is 17.7. The predicted octanol–water partition coefficient (Wildman–Crippen LogP) is 10.2. The number of fused-ring (bicyclic) bond motifs is 8. The molecule has 1 aliphatic carbocycles. The number of rotatable bonds is 14. The van der Waals surface area contributed by atoms with Crippen molar-refractivity contribution in [1.82, 2.24) is 0 Å². The maximum atomic E-state index is 14.1. The molecule has 13 heteroatoms. The number of Topliss-reactive ketones (excluding diaryl/α,β-unsaturated/α-hetero) is 1. The van der Waals surface area contributed by atoms with Crippen molar-refractivity contribution in [2.45, 2.75) is 69.5 Å². The number of methoxy groups -OCH3 is 2. The highest BCUT2D eigenvalue weighted by molar-refractivity contribution is 8.76. The summed E-state index contributed by atoms with van der Waals surface area (Å²) >= 11 is 0. The van der Waals surface area contributed by atoms with E-state index in [1.807, 2.05) is 73.1 Å². The van der Waals surface area contributed by atoms with Crippen LogP contribution in [0.3, 0.4) is 0 Å². The van der Waals surface area contributed by atoms with Crippen LogP contribution < -0.4 is 34.5 Å². The van der Waals surface area contributed by atoms with E-state index in [1.165, 1.54) is 5.56 Å². The van der Waals surface area contributed by atoms with Gasteiger partial charge < -0.3 is 29.6 Å². The smallest absolute Gasteiger partial charge is 0.261 e. The van der Waals surface area contributed by atoms with E-state index in [9.17, 15) is 14.4 Å². The number of anilines is 3. The van der Waals surface area contributed by atoms with Gasteiger partial charge in [0.25, 0.3) is 5.91 Å². The standard InChI is InChI=1S/C50H50N4O7S2/c1-50(2,63-62-5)15-14-46(55)53-34-17-29(27-60-44-23-39-37(21-42(44)58-3)48(56)47-33(25-51-39)19-31-10-6-8-12-36(31)47)16-30(18-34)28-61-45-24-40-38(22-43(45)59-4)49(57)54-35(26-52-40)20-32-11-7-9-13-41(32)54/h6-13,16-18,21-24,26,33,35,47,51H,14-15,19-20,25,27-28H2,1-5H3,(H,53,55)/t33-,35-,47?/m0/s1. The van der Waals surface area contributed by atoms with Gasteiger partial charge in [-0.3, -0.25) is 24.3 Å². The molecule has 63 heavy (non-hydrogen) atoms. The summed E-state index contributed by atoms with van der Waals surface area (Å²) in [5.74, 6) is 1.55. The van der Waals surface area contributed by atoms with Crippen LogP contribution in [0.25, 0.3) is 0 Å². The Kier molecular flexibility index (Phi) is 11.9. The molecule has 324 valence electrons. The van der Waals surface area contributed by atoms with Gasteiger partial charge in [-0.15, -0.1) is 0 Å². The molecule has 1 unspecified atom stereocenters. The summed E-state index contributed by atoms with van der Waals surface area (Å²) in [6.07, 6.45) is 6.48. The molecule has 2 N–H and O–H groups in total. The Morgan fingerprint density at radius 3 is 2.25 bits per heavy atom. The molecule has 11 nitrogen and oxygen atoms in total. The minimum atomic E-state index is -0.211. The van der Waals surface area contributed by atoms with Crippen LogP contribution >= 0.6 is 21.6 Å².